The molecule has 0 aliphatic carbocycles. The molecule has 2 rings (SSSR count). The maximum absolute atomic E-state index is 14.2. The van der Waals surface area contributed by atoms with Gasteiger partial charge in [0, 0.05) is 12.2 Å². The molecule has 0 spiro atoms. The fourth-order valence-corrected chi connectivity index (χ4v) is 4.62. The SMILES string of the molecule is CCCN(C(=O)C(NC(=O)OC(C)(C)C)C(C)C)C(C(=O)Nc1c(C)cccc1C)c1c(C)cccc1C. The molecule has 0 aliphatic heterocycles. The normalized spacial score (nSPS) is 13.0. The number of alkyl carbamates (subject to hydrolysis) is 1. The molecule has 7 heteroatoms. The molecule has 0 aliphatic rings. The highest BCUT2D eigenvalue weighted by atomic mass is 16.6. The lowest BCUT2D eigenvalue weighted by Crippen LogP contribution is -2.54. The van der Waals surface area contributed by atoms with Crippen LogP contribution in [0.3, 0.4) is 0 Å². The monoisotopic (exact) mass is 523 g/mol. The number of anilines is 1. The number of carbonyl (C=O) groups excluding carboxylic acids is 3. The highest BCUT2D eigenvalue weighted by molar-refractivity contribution is 6.00. The summed E-state index contributed by atoms with van der Waals surface area (Å²) in [6.45, 7) is 19.2. The molecule has 0 aromatic heterocycles. The van der Waals surface area contributed by atoms with Gasteiger partial charge in [-0.3, -0.25) is 9.59 Å². The summed E-state index contributed by atoms with van der Waals surface area (Å²) in [4.78, 5) is 42.6. The van der Waals surface area contributed by atoms with Gasteiger partial charge in [-0.2, -0.15) is 0 Å². The standard InChI is InChI=1S/C31H45N3O4/c1-11-18-34(29(36)25(19(2)3)33-30(37)38-31(8,9)10)27(24-20(4)14-12-15-21(24)5)28(35)32-26-22(6)16-13-17-23(26)7/h12-17,19,25,27H,11,18H2,1-10H3,(H,32,35)(H,33,37). The third-order valence-electron chi connectivity index (χ3n) is 6.46. The van der Waals surface area contributed by atoms with Gasteiger partial charge in [0.25, 0.3) is 5.91 Å². The Balaban J connectivity index is 2.61. The van der Waals surface area contributed by atoms with Crippen LogP contribution >= 0.6 is 0 Å². The first kappa shape index (κ1) is 30.9. The van der Waals surface area contributed by atoms with Gasteiger partial charge in [0.05, 0.1) is 0 Å². The number of nitrogens with one attached hydrogen (secondary N) is 2. The molecule has 2 unspecified atom stereocenters. The van der Waals surface area contributed by atoms with E-state index < -0.39 is 23.8 Å². The molecule has 0 radical (unpaired) electrons. The molecule has 0 saturated carbocycles. The van der Waals surface area contributed by atoms with Crippen molar-refractivity contribution in [3.05, 3.63) is 64.2 Å². The molecule has 2 atom stereocenters. The van der Waals surface area contributed by atoms with Crippen molar-refractivity contribution in [2.24, 2.45) is 5.92 Å². The lowest BCUT2D eigenvalue weighted by Gasteiger charge is -2.36. The molecule has 2 aromatic rings. The Morgan fingerprint density at radius 3 is 1.84 bits per heavy atom. The van der Waals surface area contributed by atoms with Crippen LogP contribution in [0.25, 0.3) is 0 Å². The molecule has 0 fully saturated rings. The molecular formula is C31H45N3O4. The summed E-state index contributed by atoms with van der Waals surface area (Å²) in [6, 6.07) is 9.95. The van der Waals surface area contributed by atoms with Gasteiger partial charge < -0.3 is 20.3 Å². The summed E-state index contributed by atoms with van der Waals surface area (Å²) < 4.78 is 5.44. The molecule has 0 saturated heterocycles. The minimum atomic E-state index is -0.885. The van der Waals surface area contributed by atoms with Crippen LogP contribution in [0.15, 0.2) is 36.4 Å². The Morgan fingerprint density at radius 2 is 1.39 bits per heavy atom. The minimum absolute atomic E-state index is 0.227. The minimum Gasteiger partial charge on any atom is -0.444 e. The number of hydrogen-bond acceptors (Lipinski definition) is 4. The van der Waals surface area contributed by atoms with Gasteiger partial charge in [-0.15, -0.1) is 0 Å². The van der Waals surface area contributed by atoms with E-state index in [1.165, 1.54) is 0 Å². The Labute approximate surface area is 228 Å². The van der Waals surface area contributed by atoms with Crippen LogP contribution in [0.5, 0.6) is 0 Å². The molecule has 2 N–H and O–H groups in total. The maximum Gasteiger partial charge on any atom is 0.408 e. The van der Waals surface area contributed by atoms with Crippen LogP contribution < -0.4 is 10.6 Å². The van der Waals surface area contributed by atoms with Gasteiger partial charge in [-0.25, -0.2) is 4.79 Å². The molecule has 7 nitrogen and oxygen atoms in total. The highest BCUT2D eigenvalue weighted by Crippen LogP contribution is 2.31. The molecule has 2 aromatic carbocycles. The smallest absolute Gasteiger partial charge is 0.408 e. The van der Waals surface area contributed by atoms with E-state index in [0.29, 0.717) is 13.0 Å². The van der Waals surface area contributed by atoms with E-state index in [0.717, 1.165) is 33.5 Å². The Morgan fingerprint density at radius 1 is 0.895 bits per heavy atom. The number of aryl methyl sites for hydroxylation is 4. The van der Waals surface area contributed by atoms with Crippen molar-refractivity contribution in [1.82, 2.24) is 10.2 Å². The second-order valence-corrected chi connectivity index (χ2v) is 11.4. The van der Waals surface area contributed by atoms with Crippen LogP contribution in [-0.4, -0.2) is 41.0 Å². The zero-order valence-corrected chi connectivity index (χ0v) is 24.7. The molecule has 3 amide bonds. The van der Waals surface area contributed by atoms with Crippen molar-refractivity contribution < 1.29 is 19.1 Å². The van der Waals surface area contributed by atoms with E-state index >= 15 is 0 Å². The fraction of sp³-hybridized carbons (Fsp3) is 0.516. The first-order chi connectivity index (χ1) is 17.7. The lowest BCUT2D eigenvalue weighted by molar-refractivity contribution is -0.141. The summed E-state index contributed by atoms with van der Waals surface area (Å²) in [5, 5.41) is 5.89. The number of benzene rings is 2. The number of ether oxygens (including phenoxy) is 1. The lowest BCUT2D eigenvalue weighted by atomic mass is 9.92. The fourth-order valence-electron chi connectivity index (χ4n) is 4.62. The Kier molecular flexibility index (Phi) is 10.5. The summed E-state index contributed by atoms with van der Waals surface area (Å²) in [5.74, 6) is -0.840. The average Bonchev–Trinajstić information content (AvgIpc) is 2.79. The zero-order chi connectivity index (χ0) is 28.8. The largest absolute Gasteiger partial charge is 0.444 e. The van der Waals surface area contributed by atoms with Crippen molar-refractivity contribution in [1.29, 1.82) is 0 Å². The number of nitrogens with zero attached hydrogens (tertiary/aromatic N) is 1. The van der Waals surface area contributed by atoms with E-state index in [1.807, 2.05) is 84.9 Å². The van der Waals surface area contributed by atoms with Crippen LogP contribution in [-0.2, 0) is 14.3 Å². The van der Waals surface area contributed by atoms with Crippen LogP contribution in [0.4, 0.5) is 10.5 Å². The van der Waals surface area contributed by atoms with Crippen LogP contribution in [0.1, 0.15) is 81.8 Å². The van der Waals surface area contributed by atoms with Gasteiger partial charge in [-0.05, 0) is 88.6 Å². The van der Waals surface area contributed by atoms with Gasteiger partial charge in [0.2, 0.25) is 5.91 Å². The first-order valence-electron chi connectivity index (χ1n) is 13.4. The molecule has 208 valence electrons. The summed E-state index contributed by atoms with van der Waals surface area (Å²) in [5.41, 5.74) is 4.55. The second-order valence-electron chi connectivity index (χ2n) is 11.4. The maximum atomic E-state index is 14.2. The highest BCUT2D eigenvalue weighted by Gasteiger charge is 2.38. The second kappa shape index (κ2) is 12.9. The number of amides is 3. The van der Waals surface area contributed by atoms with Gasteiger partial charge in [-0.1, -0.05) is 57.2 Å². The predicted octanol–water partition coefficient (Wildman–Crippen LogP) is 6.39. The molecule has 38 heavy (non-hydrogen) atoms. The van der Waals surface area contributed by atoms with E-state index in [9.17, 15) is 14.4 Å². The van der Waals surface area contributed by atoms with E-state index in [4.69, 9.17) is 4.74 Å². The van der Waals surface area contributed by atoms with Crippen LogP contribution in [0.2, 0.25) is 0 Å². The van der Waals surface area contributed by atoms with E-state index in [-0.39, 0.29) is 17.7 Å². The van der Waals surface area contributed by atoms with Crippen molar-refractivity contribution in [2.75, 3.05) is 11.9 Å². The number of rotatable bonds is 9. The van der Waals surface area contributed by atoms with Gasteiger partial charge in [0.1, 0.15) is 17.7 Å². The number of hydrogen-bond donors (Lipinski definition) is 2. The molecule has 0 bridgehead atoms. The summed E-state index contributed by atoms with van der Waals surface area (Å²) in [7, 11) is 0. The average molecular weight is 524 g/mol. The third-order valence-corrected chi connectivity index (χ3v) is 6.46. The summed E-state index contributed by atoms with van der Waals surface area (Å²) in [6.07, 6.45) is -0.0224. The van der Waals surface area contributed by atoms with Gasteiger partial charge >= 0.3 is 6.09 Å². The third kappa shape index (κ3) is 7.83. The predicted molar refractivity (Wildman–Crippen MR) is 153 cm³/mol. The molecular weight excluding hydrogens is 478 g/mol. The van der Waals surface area contributed by atoms with E-state index in [2.05, 4.69) is 10.6 Å². The summed E-state index contributed by atoms with van der Waals surface area (Å²) >= 11 is 0. The Hall–Kier alpha value is -3.35. The van der Waals surface area contributed by atoms with Crippen molar-refractivity contribution in [2.45, 2.75) is 93.3 Å². The van der Waals surface area contributed by atoms with Crippen LogP contribution in [0, 0.1) is 33.6 Å². The van der Waals surface area contributed by atoms with Crippen molar-refractivity contribution >= 4 is 23.6 Å². The topological polar surface area (TPSA) is 87.7 Å². The van der Waals surface area contributed by atoms with Gasteiger partial charge in [0.15, 0.2) is 0 Å². The quantitative estimate of drug-likeness (QED) is 0.399. The zero-order valence-electron chi connectivity index (χ0n) is 24.7. The van der Waals surface area contributed by atoms with Crippen molar-refractivity contribution in [3.8, 4) is 0 Å². The first-order valence-corrected chi connectivity index (χ1v) is 13.4. The number of para-hydroxylation sites is 1. The Bertz CT molecular complexity index is 1110. The van der Waals surface area contributed by atoms with E-state index in [1.54, 1.807) is 25.7 Å². The number of carbonyl (C=O) groups is 3. The van der Waals surface area contributed by atoms with Crippen molar-refractivity contribution in [3.63, 3.8) is 0 Å². The molecule has 0 heterocycles.